The van der Waals surface area contributed by atoms with Crippen LogP contribution in [0.25, 0.3) is 0 Å². The molecule has 1 aromatic carbocycles. The van der Waals surface area contributed by atoms with Gasteiger partial charge in [0.2, 0.25) is 5.13 Å². The molecule has 0 bridgehead atoms. The number of halogens is 1. The largest absolute Gasteiger partial charge is 0.503 e. The lowest BCUT2D eigenvalue weighted by molar-refractivity contribution is 0.0605. The van der Waals surface area contributed by atoms with Gasteiger partial charge in [0, 0.05) is 0 Å². The zero-order valence-electron chi connectivity index (χ0n) is 13.3. The molecule has 9 heteroatoms. The van der Waals surface area contributed by atoms with E-state index in [-0.39, 0.29) is 16.5 Å². The first-order valence-corrected chi connectivity index (χ1v) is 8.13. The monoisotopic (exact) mass is 369 g/mol. The summed E-state index contributed by atoms with van der Waals surface area (Å²) < 4.78 is 9.75. The van der Waals surface area contributed by atoms with Crippen molar-refractivity contribution in [2.75, 3.05) is 19.6 Å². The highest BCUT2D eigenvalue weighted by molar-refractivity contribution is 7.17. The predicted molar refractivity (Wildman–Crippen MR) is 93.7 cm³/mol. The molecule has 0 aliphatic heterocycles. The molecule has 0 fully saturated rings. The summed E-state index contributed by atoms with van der Waals surface area (Å²) >= 11 is 7.08. The Hall–Kier alpha value is -2.32. The van der Waals surface area contributed by atoms with Gasteiger partial charge in [-0.2, -0.15) is 5.10 Å². The van der Waals surface area contributed by atoms with Gasteiger partial charge < -0.3 is 14.6 Å². The number of methoxy groups -OCH3 is 2. The third kappa shape index (κ3) is 3.95. The van der Waals surface area contributed by atoms with E-state index < -0.39 is 5.97 Å². The number of hydrogen-bond donors (Lipinski definition) is 2. The number of thiazole rings is 1. The smallest absolute Gasteiger partial charge is 0.350 e. The third-order valence-electron chi connectivity index (χ3n) is 3.05. The predicted octanol–water partition coefficient (Wildman–Crippen LogP) is 3.31. The Morgan fingerprint density at radius 3 is 2.88 bits per heavy atom. The lowest BCUT2D eigenvalue weighted by atomic mass is 10.2. The summed E-state index contributed by atoms with van der Waals surface area (Å²) in [4.78, 5) is 16.4. The number of phenols is 1. The summed E-state index contributed by atoms with van der Waals surface area (Å²) in [5.41, 5.74) is 4.04. The fourth-order valence-electron chi connectivity index (χ4n) is 1.88. The number of aromatic nitrogens is 1. The second kappa shape index (κ2) is 7.98. The molecule has 0 spiro atoms. The number of aryl methyl sites for hydroxylation is 1. The second-order valence-electron chi connectivity index (χ2n) is 4.56. The van der Waals surface area contributed by atoms with Gasteiger partial charge >= 0.3 is 5.97 Å². The summed E-state index contributed by atoms with van der Waals surface area (Å²) in [6.45, 7) is 1.90. The van der Waals surface area contributed by atoms with Crippen LogP contribution in [-0.4, -0.2) is 36.5 Å². The van der Waals surface area contributed by atoms with Gasteiger partial charge in [-0.05, 0) is 24.1 Å². The summed E-state index contributed by atoms with van der Waals surface area (Å²) in [6, 6.07) is 3.13. The molecule has 0 atom stereocenters. The number of rotatable bonds is 6. The molecule has 0 unspecified atom stereocenters. The van der Waals surface area contributed by atoms with E-state index in [2.05, 4.69) is 15.5 Å². The maximum absolute atomic E-state index is 11.7. The molecule has 0 aliphatic carbocycles. The van der Waals surface area contributed by atoms with E-state index in [4.69, 9.17) is 21.1 Å². The molecule has 2 N–H and O–H groups in total. The molecule has 1 aromatic heterocycles. The van der Waals surface area contributed by atoms with Crippen molar-refractivity contribution < 1.29 is 19.4 Å². The van der Waals surface area contributed by atoms with Crippen LogP contribution in [0.3, 0.4) is 0 Å². The van der Waals surface area contributed by atoms with Crippen molar-refractivity contribution in [2.24, 2.45) is 5.10 Å². The SMILES string of the molecule is CCc1nc(N/N=C\c2cc(Cl)c(O)c(OC)c2)sc1C(=O)OC. The third-order valence-corrected chi connectivity index (χ3v) is 4.32. The topological polar surface area (TPSA) is 93.0 Å². The van der Waals surface area contributed by atoms with Gasteiger partial charge in [0.15, 0.2) is 11.5 Å². The Balaban J connectivity index is 2.16. The quantitative estimate of drug-likeness (QED) is 0.461. The number of hydrazone groups is 1. The zero-order chi connectivity index (χ0) is 17.7. The van der Waals surface area contributed by atoms with Gasteiger partial charge in [0.1, 0.15) is 4.88 Å². The number of nitrogens with zero attached hydrogens (tertiary/aromatic N) is 2. The molecule has 128 valence electrons. The minimum Gasteiger partial charge on any atom is -0.503 e. The number of esters is 1. The Bertz CT molecular complexity index is 776. The van der Waals surface area contributed by atoms with E-state index in [0.29, 0.717) is 27.7 Å². The van der Waals surface area contributed by atoms with E-state index in [1.54, 1.807) is 12.1 Å². The lowest BCUT2D eigenvalue weighted by Gasteiger charge is -2.05. The van der Waals surface area contributed by atoms with Gasteiger partial charge in [0.25, 0.3) is 0 Å². The molecular formula is C15H16ClN3O4S. The van der Waals surface area contributed by atoms with Gasteiger partial charge in [0.05, 0.1) is 31.2 Å². The van der Waals surface area contributed by atoms with Crippen LogP contribution in [0.15, 0.2) is 17.2 Å². The summed E-state index contributed by atoms with van der Waals surface area (Å²) in [5, 5.41) is 14.4. The Labute approximate surface area is 147 Å². The van der Waals surface area contributed by atoms with Crippen LogP contribution in [-0.2, 0) is 11.2 Å². The average Bonchev–Trinajstić information content (AvgIpc) is 3.00. The lowest BCUT2D eigenvalue weighted by Crippen LogP contribution is -2.01. The molecule has 7 nitrogen and oxygen atoms in total. The number of carbonyl (C=O) groups excluding carboxylic acids is 1. The van der Waals surface area contributed by atoms with Crippen molar-refractivity contribution in [1.29, 1.82) is 0 Å². The summed E-state index contributed by atoms with van der Waals surface area (Å²) in [6.07, 6.45) is 2.11. The average molecular weight is 370 g/mol. The molecule has 2 rings (SSSR count). The van der Waals surface area contributed by atoms with Crippen molar-refractivity contribution in [1.82, 2.24) is 4.98 Å². The molecule has 2 aromatic rings. The van der Waals surface area contributed by atoms with E-state index in [1.807, 2.05) is 6.92 Å². The van der Waals surface area contributed by atoms with Crippen LogP contribution in [0.4, 0.5) is 5.13 Å². The fraction of sp³-hybridized carbons (Fsp3) is 0.267. The first kappa shape index (κ1) is 18.0. The van der Waals surface area contributed by atoms with Crippen LogP contribution in [0, 0.1) is 0 Å². The minimum absolute atomic E-state index is 0.125. The van der Waals surface area contributed by atoms with Crippen LogP contribution in [0.5, 0.6) is 11.5 Å². The number of carbonyl (C=O) groups is 1. The number of nitrogens with one attached hydrogen (secondary N) is 1. The molecule has 1 heterocycles. The van der Waals surface area contributed by atoms with Crippen LogP contribution >= 0.6 is 22.9 Å². The standard InChI is InChI=1S/C15H16ClN3O4S/c1-4-10-13(14(21)23-3)24-15(18-10)19-17-7-8-5-9(16)12(20)11(6-8)22-2/h5-7,20H,4H2,1-3H3,(H,18,19)/b17-7-. The number of benzene rings is 1. The summed E-state index contributed by atoms with van der Waals surface area (Å²) in [7, 11) is 2.76. The van der Waals surface area contributed by atoms with Crippen molar-refractivity contribution in [3.8, 4) is 11.5 Å². The molecule has 0 saturated heterocycles. The molecule has 24 heavy (non-hydrogen) atoms. The second-order valence-corrected chi connectivity index (χ2v) is 5.97. The highest BCUT2D eigenvalue weighted by atomic mass is 35.5. The molecule has 0 saturated carbocycles. The maximum atomic E-state index is 11.7. The Kier molecular flexibility index (Phi) is 5.99. The minimum atomic E-state index is -0.420. The van der Waals surface area contributed by atoms with E-state index in [1.165, 1.54) is 20.4 Å². The van der Waals surface area contributed by atoms with E-state index >= 15 is 0 Å². The van der Waals surface area contributed by atoms with Crippen molar-refractivity contribution in [2.45, 2.75) is 13.3 Å². The molecule has 0 radical (unpaired) electrons. The van der Waals surface area contributed by atoms with Crippen LogP contribution in [0.2, 0.25) is 5.02 Å². The fourth-order valence-corrected chi connectivity index (χ4v) is 3.02. The van der Waals surface area contributed by atoms with Crippen molar-refractivity contribution >= 4 is 40.3 Å². The van der Waals surface area contributed by atoms with Gasteiger partial charge in [-0.1, -0.05) is 29.9 Å². The zero-order valence-corrected chi connectivity index (χ0v) is 14.9. The number of ether oxygens (including phenoxy) is 2. The summed E-state index contributed by atoms with van der Waals surface area (Å²) in [5.74, 6) is -0.296. The number of phenolic OH excluding ortho intramolecular Hbond substituents is 1. The number of aromatic hydroxyl groups is 1. The normalized spacial score (nSPS) is 10.8. The Morgan fingerprint density at radius 1 is 1.50 bits per heavy atom. The highest BCUT2D eigenvalue weighted by Crippen LogP contribution is 2.34. The molecule has 0 aliphatic rings. The first-order chi connectivity index (χ1) is 11.5. The Morgan fingerprint density at radius 2 is 2.25 bits per heavy atom. The van der Waals surface area contributed by atoms with Gasteiger partial charge in [-0.15, -0.1) is 0 Å². The van der Waals surface area contributed by atoms with E-state index in [0.717, 1.165) is 11.3 Å². The number of anilines is 1. The molecule has 0 amide bonds. The van der Waals surface area contributed by atoms with E-state index in [9.17, 15) is 9.90 Å². The van der Waals surface area contributed by atoms with Gasteiger partial charge in [-0.3, -0.25) is 5.43 Å². The number of hydrogen-bond acceptors (Lipinski definition) is 8. The van der Waals surface area contributed by atoms with Crippen molar-refractivity contribution in [3.05, 3.63) is 33.3 Å². The first-order valence-electron chi connectivity index (χ1n) is 6.93. The van der Waals surface area contributed by atoms with Crippen molar-refractivity contribution in [3.63, 3.8) is 0 Å². The van der Waals surface area contributed by atoms with Gasteiger partial charge in [-0.25, -0.2) is 9.78 Å². The van der Waals surface area contributed by atoms with Crippen LogP contribution < -0.4 is 10.2 Å². The highest BCUT2D eigenvalue weighted by Gasteiger charge is 2.17. The van der Waals surface area contributed by atoms with Crippen LogP contribution in [0.1, 0.15) is 27.9 Å². The maximum Gasteiger partial charge on any atom is 0.350 e. The molecular weight excluding hydrogens is 354 g/mol.